The van der Waals surface area contributed by atoms with Crippen molar-refractivity contribution in [3.8, 4) is 11.4 Å². The number of amides is 4. The van der Waals surface area contributed by atoms with E-state index in [1.54, 1.807) is 13.8 Å². The van der Waals surface area contributed by atoms with E-state index in [-0.39, 0.29) is 12.4 Å². The third-order valence-electron chi connectivity index (χ3n) is 5.70. The fourth-order valence-electron chi connectivity index (χ4n) is 3.50. The van der Waals surface area contributed by atoms with Crippen LogP contribution >= 0.6 is 11.8 Å². The zero-order chi connectivity index (χ0) is 25.0. The van der Waals surface area contributed by atoms with Crippen LogP contribution in [0, 0.1) is 6.92 Å². The Labute approximate surface area is 207 Å². The highest BCUT2D eigenvalue weighted by molar-refractivity contribution is 7.99. The van der Waals surface area contributed by atoms with Gasteiger partial charge in [0.05, 0.1) is 5.75 Å². The number of aryl methyl sites for hydroxylation is 1. The molecular formula is C24H26N6O4S. The van der Waals surface area contributed by atoms with E-state index in [9.17, 15) is 14.4 Å². The molecule has 0 spiro atoms. The van der Waals surface area contributed by atoms with Gasteiger partial charge in [0.1, 0.15) is 17.9 Å². The minimum absolute atomic E-state index is 0.0798. The third-order valence-corrected chi connectivity index (χ3v) is 6.63. The Morgan fingerprint density at radius 3 is 2.51 bits per heavy atom. The number of hydrazine groups is 1. The molecule has 0 unspecified atom stereocenters. The first-order valence-corrected chi connectivity index (χ1v) is 12.1. The molecule has 1 aliphatic heterocycles. The van der Waals surface area contributed by atoms with E-state index < -0.39 is 23.4 Å². The van der Waals surface area contributed by atoms with Gasteiger partial charge in [-0.1, -0.05) is 55.1 Å². The highest BCUT2D eigenvalue weighted by Gasteiger charge is 2.47. The fraction of sp³-hybridized carbons (Fsp3) is 0.292. The van der Waals surface area contributed by atoms with Crippen LogP contribution in [0.4, 0.5) is 4.79 Å². The molecule has 10 nitrogen and oxygen atoms in total. The van der Waals surface area contributed by atoms with Gasteiger partial charge in [-0.2, -0.15) is 5.01 Å². The zero-order valence-electron chi connectivity index (χ0n) is 19.6. The van der Waals surface area contributed by atoms with Crippen LogP contribution in [0.25, 0.3) is 5.69 Å². The van der Waals surface area contributed by atoms with E-state index in [0.29, 0.717) is 17.4 Å². The number of imide groups is 1. The maximum absolute atomic E-state index is 12.6. The number of nitrogens with zero attached hydrogens (tertiary/aromatic N) is 4. The van der Waals surface area contributed by atoms with Crippen LogP contribution in [-0.2, 0) is 16.2 Å². The quantitative estimate of drug-likeness (QED) is 0.347. The van der Waals surface area contributed by atoms with Crippen molar-refractivity contribution in [2.75, 3.05) is 5.75 Å². The van der Waals surface area contributed by atoms with Crippen molar-refractivity contribution >= 4 is 29.6 Å². The summed E-state index contributed by atoms with van der Waals surface area (Å²) in [5.41, 5.74) is 3.18. The van der Waals surface area contributed by atoms with Crippen molar-refractivity contribution in [1.82, 2.24) is 30.5 Å². The lowest BCUT2D eigenvalue weighted by Gasteiger charge is -2.19. The first-order chi connectivity index (χ1) is 16.8. The number of carbonyl (C=O) groups excluding carboxylic acids is 3. The van der Waals surface area contributed by atoms with Gasteiger partial charge in [-0.25, -0.2) is 4.79 Å². The van der Waals surface area contributed by atoms with Gasteiger partial charge in [0, 0.05) is 5.69 Å². The number of ether oxygens (including phenoxy) is 1. The Hall–Kier alpha value is -3.86. The van der Waals surface area contributed by atoms with Crippen LogP contribution in [-0.4, -0.2) is 48.9 Å². The molecule has 4 rings (SSSR count). The number of carbonyl (C=O) groups is 3. The predicted octanol–water partition coefficient (Wildman–Crippen LogP) is 3.00. The number of para-hydroxylation sites is 2. The van der Waals surface area contributed by atoms with Gasteiger partial charge in [0.15, 0.2) is 11.0 Å². The molecule has 35 heavy (non-hydrogen) atoms. The number of aromatic nitrogens is 3. The molecule has 0 saturated carbocycles. The molecule has 0 radical (unpaired) electrons. The molecule has 1 aliphatic rings. The summed E-state index contributed by atoms with van der Waals surface area (Å²) in [5.74, 6) is 0.223. The maximum atomic E-state index is 12.6. The van der Waals surface area contributed by atoms with Gasteiger partial charge in [-0.3, -0.25) is 19.6 Å². The predicted molar refractivity (Wildman–Crippen MR) is 130 cm³/mol. The van der Waals surface area contributed by atoms with Crippen LogP contribution in [0.3, 0.4) is 0 Å². The summed E-state index contributed by atoms with van der Waals surface area (Å²) in [5, 5.41) is 12.3. The van der Waals surface area contributed by atoms with Crippen LogP contribution in [0.1, 0.15) is 31.7 Å². The molecule has 2 N–H and O–H groups in total. The lowest BCUT2D eigenvalue weighted by atomic mass is 10.00. The lowest BCUT2D eigenvalue weighted by Crippen LogP contribution is -2.49. The van der Waals surface area contributed by atoms with Crippen molar-refractivity contribution in [2.45, 2.75) is 44.5 Å². The van der Waals surface area contributed by atoms with E-state index in [1.807, 2.05) is 66.1 Å². The van der Waals surface area contributed by atoms with Gasteiger partial charge >= 0.3 is 6.03 Å². The SMILES string of the molecule is CC[C@]1(C)NC(=O)N(NC(=O)CSc2nnc(COc3ccccc3C)n2-c2ccccc2)C1=O. The van der Waals surface area contributed by atoms with E-state index in [4.69, 9.17) is 4.74 Å². The molecule has 1 fully saturated rings. The number of thioether (sulfide) groups is 1. The Bertz CT molecular complexity index is 1250. The standard InChI is InChI=1S/C24H26N6O4S/c1-4-24(3)21(32)30(22(33)25-24)28-20(31)15-35-23-27-26-19(29(23)17-11-6-5-7-12-17)14-34-18-13-9-8-10-16(18)2/h5-13H,4,14-15H2,1-3H3,(H,25,33)(H,28,31)/t24-/m0/s1. The van der Waals surface area contributed by atoms with Crippen LogP contribution in [0.5, 0.6) is 5.75 Å². The minimum Gasteiger partial charge on any atom is -0.485 e. The number of nitrogens with one attached hydrogen (secondary N) is 2. The number of hydrogen-bond donors (Lipinski definition) is 2. The average Bonchev–Trinajstić information content (AvgIpc) is 3.36. The first kappa shape index (κ1) is 24.3. The Balaban J connectivity index is 1.48. The van der Waals surface area contributed by atoms with E-state index in [2.05, 4.69) is 20.9 Å². The largest absolute Gasteiger partial charge is 0.485 e. The lowest BCUT2D eigenvalue weighted by molar-refractivity contribution is -0.137. The molecule has 1 aromatic heterocycles. The van der Waals surface area contributed by atoms with Gasteiger partial charge < -0.3 is 10.1 Å². The van der Waals surface area contributed by atoms with Crippen molar-refractivity contribution < 1.29 is 19.1 Å². The topological polar surface area (TPSA) is 118 Å². The fourth-order valence-corrected chi connectivity index (χ4v) is 4.26. The molecule has 1 atom stereocenters. The summed E-state index contributed by atoms with van der Waals surface area (Å²) in [6.07, 6.45) is 0.409. The molecule has 2 heterocycles. The summed E-state index contributed by atoms with van der Waals surface area (Å²) < 4.78 is 7.78. The molecule has 0 aliphatic carbocycles. The minimum atomic E-state index is -1.03. The van der Waals surface area contributed by atoms with Gasteiger partial charge in [0.2, 0.25) is 5.91 Å². The number of urea groups is 1. The maximum Gasteiger partial charge on any atom is 0.344 e. The van der Waals surface area contributed by atoms with Gasteiger partial charge in [0.25, 0.3) is 5.91 Å². The average molecular weight is 495 g/mol. The van der Waals surface area contributed by atoms with E-state index in [0.717, 1.165) is 33.8 Å². The Morgan fingerprint density at radius 1 is 1.11 bits per heavy atom. The number of rotatable bonds is 9. The van der Waals surface area contributed by atoms with Crippen molar-refractivity contribution in [3.05, 3.63) is 66.0 Å². The first-order valence-electron chi connectivity index (χ1n) is 11.1. The molecule has 3 aromatic rings. The molecular weight excluding hydrogens is 468 g/mol. The van der Waals surface area contributed by atoms with Gasteiger partial charge in [-0.15, -0.1) is 10.2 Å². The zero-order valence-corrected chi connectivity index (χ0v) is 20.5. The van der Waals surface area contributed by atoms with Crippen molar-refractivity contribution in [2.24, 2.45) is 0 Å². The summed E-state index contributed by atoms with van der Waals surface area (Å²) in [7, 11) is 0. The Kier molecular flexibility index (Phi) is 7.06. The molecule has 182 valence electrons. The number of benzene rings is 2. The second-order valence-corrected chi connectivity index (χ2v) is 9.15. The molecule has 0 bridgehead atoms. The second-order valence-electron chi connectivity index (χ2n) is 8.20. The van der Waals surface area contributed by atoms with Crippen LogP contribution in [0.15, 0.2) is 59.8 Å². The smallest absolute Gasteiger partial charge is 0.344 e. The third kappa shape index (κ3) is 5.14. The highest BCUT2D eigenvalue weighted by atomic mass is 32.2. The summed E-state index contributed by atoms with van der Waals surface area (Å²) >= 11 is 1.14. The van der Waals surface area contributed by atoms with Crippen molar-refractivity contribution in [1.29, 1.82) is 0 Å². The second kappa shape index (κ2) is 10.2. The Morgan fingerprint density at radius 2 is 1.83 bits per heavy atom. The summed E-state index contributed by atoms with van der Waals surface area (Å²) in [6.45, 7) is 5.55. The number of hydrogen-bond acceptors (Lipinski definition) is 7. The summed E-state index contributed by atoms with van der Waals surface area (Å²) in [6, 6.07) is 16.5. The molecule has 4 amide bonds. The molecule has 1 saturated heterocycles. The van der Waals surface area contributed by atoms with E-state index in [1.165, 1.54) is 0 Å². The van der Waals surface area contributed by atoms with Crippen LogP contribution < -0.4 is 15.5 Å². The normalized spacial score (nSPS) is 17.4. The monoisotopic (exact) mass is 494 g/mol. The summed E-state index contributed by atoms with van der Waals surface area (Å²) in [4.78, 5) is 37.2. The van der Waals surface area contributed by atoms with E-state index >= 15 is 0 Å². The molecule has 11 heteroatoms. The van der Waals surface area contributed by atoms with Gasteiger partial charge in [-0.05, 0) is 44.0 Å². The van der Waals surface area contributed by atoms with Crippen LogP contribution in [0.2, 0.25) is 0 Å². The molecule has 2 aromatic carbocycles. The van der Waals surface area contributed by atoms with Crippen molar-refractivity contribution in [3.63, 3.8) is 0 Å². The highest BCUT2D eigenvalue weighted by Crippen LogP contribution is 2.24.